The maximum Gasteiger partial charge on any atom is 0.240 e. The summed E-state index contributed by atoms with van der Waals surface area (Å²) >= 11 is 1.30. The van der Waals surface area contributed by atoms with Crippen LogP contribution in [0.5, 0.6) is 0 Å². The summed E-state index contributed by atoms with van der Waals surface area (Å²) in [6, 6.07) is 0. The molecule has 1 amide bonds. The van der Waals surface area contributed by atoms with Gasteiger partial charge >= 0.3 is 0 Å². The zero-order chi connectivity index (χ0) is 8.81. The van der Waals surface area contributed by atoms with E-state index in [0.29, 0.717) is 11.7 Å². The third-order valence-corrected chi connectivity index (χ3v) is 1.75. The van der Waals surface area contributed by atoms with E-state index in [2.05, 4.69) is 20.8 Å². The van der Waals surface area contributed by atoms with Crippen LogP contribution in [0.15, 0.2) is 5.51 Å². The van der Waals surface area contributed by atoms with Gasteiger partial charge in [0.05, 0.1) is 6.54 Å². The van der Waals surface area contributed by atoms with Crippen LogP contribution in [-0.4, -0.2) is 29.2 Å². The lowest BCUT2D eigenvalue weighted by atomic mass is 10.5. The van der Waals surface area contributed by atoms with Crippen molar-refractivity contribution in [1.29, 1.82) is 0 Å². The zero-order valence-corrected chi connectivity index (χ0v) is 7.52. The quantitative estimate of drug-likeness (QED) is 0.699. The minimum Gasteiger partial charge on any atom is -0.309 e. The highest BCUT2D eigenvalue weighted by atomic mass is 32.1. The molecule has 0 aliphatic carbocycles. The third kappa shape index (κ3) is 2.93. The summed E-state index contributed by atoms with van der Waals surface area (Å²) in [6.45, 7) is 3.04. The van der Waals surface area contributed by atoms with E-state index in [1.54, 1.807) is 5.51 Å². The van der Waals surface area contributed by atoms with E-state index in [4.69, 9.17) is 0 Å². The molecule has 0 spiro atoms. The maximum absolute atomic E-state index is 11.0. The van der Waals surface area contributed by atoms with Crippen molar-refractivity contribution >= 4 is 22.4 Å². The lowest BCUT2D eigenvalue weighted by molar-refractivity contribution is -0.115. The topological polar surface area (TPSA) is 66.9 Å². The van der Waals surface area contributed by atoms with Gasteiger partial charge in [0.15, 0.2) is 0 Å². The number of hydrogen-bond acceptors (Lipinski definition) is 5. The summed E-state index contributed by atoms with van der Waals surface area (Å²) in [4.78, 5) is 11.0. The van der Waals surface area contributed by atoms with Crippen molar-refractivity contribution in [1.82, 2.24) is 15.5 Å². The van der Waals surface area contributed by atoms with Crippen LogP contribution in [0.2, 0.25) is 0 Å². The minimum absolute atomic E-state index is 0.0893. The molecule has 5 nitrogen and oxygen atoms in total. The highest BCUT2D eigenvalue weighted by Gasteiger charge is 2.02. The molecule has 0 saturated carbocycles. The molecule has 2 N–H and O–H groups in total. The van der Waals surface area contributed by atoms with Gasteiger partial charge < -0.3 is 5.32 Å². The second kappa shape index (κ2) is 4.78. The number of carbonyl (C=O) groups excluding carboxylic acids is 1. The number of likely N-dealkylation sites (N-methyl/N-ethyl adjacent to an activating group) is 1. The molecule has 0 radical (unpaired) electrons. The first-order valence-electron chi connectivity index (χ1n) is 3.59. The lowest BCUT2D eigenvalue weighted by Crippen LogP contribution is -2.27. The van der Waals surface area contributed by atoms with E-state index in [1.807, 2.05) is 6.92 Å². The second-order valence-electron chi connectivity index (χ2n) is 2.07. The lowest BCUT2D eigenvalue weighted by Gasteiger charge is -1.99. The van der Waals surface area contributed by atoms with Crippen LogP contribution >= 0.6 is 11.3 Å². The predicted octanol–water partition coefficient (Wildman–Crippen LogP) is 0.0861. The van der Waals surface area contributed by atoms with Gasteiger partial charge in [-0.2, -0.15) is 0 Å². The van der Waals surface area contributed by atoms with Gasteiger partial charge in [-0.05, 0) is 6.54 Å². The number of nitrogens with zero attached hydrogens (tertiary/aromatic N) is 2. The number of carbonyl (C=O) groups is 1. The van der Waals surface area contributed by atoms with Gasteiger partial charge in [0, 0.05) is 0 Å². The number of anilines is 1. The van der Waals surface area contributed by atoms with Crippen LogP contribution in [0.4, 0.5) is 5.13 Å². The Kier molecular flexibility index (Phi) is 3.62. The number of aromatic nitrogens is 2. The first-order valence-corrected chi connectivity index (χ1v) is 4.47. The normalized spacial score (nSPS) is 9.75. The summed E-state index contributed by atoms with van der Waals surface area (Å²) < 4.78 is 0. The molecule has 1 heterocycles. The molecule has 0 saturated heterocycles. The van der Waals surface area contributed by atoms with Gasteiger partial charge in [-0.15, -0.1) is 10.2 Å². The Balaban J connectivity index is 2.27. The van der Waals surface area contributed by atoms with Gasteiger partial charge in [-0.3, -0.25) is 10.1 Å². The fourth-order valence-corrected chi connectivity index (χ4v) is 1.09. The summed E-state index contributed by atoms with van der Waals surface area (Å²) in [5.41, 5.74) is 1.57. The highest BCUT2D eigenvalue weighted by Crippen LogP contribution is 2.06. The van der Waals surface area contributed by atoms with E-state index < -0.39 is 0 Å². The van der Waals surface area contributed by atoms with Crippen molar-refractivity contribution in [2.75, 3.05) is 18.4 Å². The fraction of sp³-hybridized carbons (Fsp3) is 0.500. The molecule has 0 bridgehead atoms. The van der Waals surface area contributed by atoms with Crippen molar-refractivity contribution < 1.29 is 4.79 Å². The molecule has 0 aliphatic heterocycles. The van der Waals surface area contributed by atoms with E-state index in [9.17, 15) is 4.79 Å². The van der Waals surface area contributed by atoms with Crippen LogP contribution in [0.1, 0.15) is 6.92 Å². The number of amides is 1. The van der Waals surface area contributed by atoms with E-state index >= 15 is 0 Å². The van der Waals surface area contributed by atoms with Gasteiger partial charge in [0.25, 0.3) is 0 Å². The molecule has 66 valence electrons. The SMILES string of the molecule is CCNCC(=O)Nc1nncs1. The first-order chi connectivity index (χ1) is 5.83. The standard InChI is InChI=1S/C6H10N4OS/c1-2-7-3-5(11)9-6-10-8-4-12-6/h4,7H,2-3H2,1H3,(H,9,10,11). The van der Waals surface area contributed by atoms with Crippen LogP contribution in [0.3, 0.4) is 0 Å². The van der Waals surface area contributed by atoms with Crippen molar-refractivity contribution in [3.05, 3.63) is 5.51 Å². The molecule has 0 unspecified atom stereocenters. The summed E-state index contributed by atoms with van der Waals surface area (Å²) in [5, 5.41) is 13.3. The monoisotopic (exact) mass is 186 g/mol. The largest absolute Gasteiger partial charge is 0.309 e. The molecule has 1 aromatic rings. The first kappa shape index (κ1) is 9.08. The van der Waals surface area contributed by atoms with Crippen LogP contribution < -0.4 is 10.6 Å². The molecule has 0 fully saturated rings. The molecule has 6 heteroatoms. The summed E-state index contributed by atoms with van der Waals surface area (Å²) in [6.07, 6.45) is 0. The average Bonchev–Trinajstić information content (AvgIpc) is 2.53. The van der Waals surface area contributed by atoms with Crippen LogP contribution in [-0.2, 0) is 4.79 Å². The molecular formula is C6H10N4OS. The van der Waals surface area contributed by atoms with E-state index in [-0.39, 0.29) is 5.91 Å². The smallest absolute Gasteiger partial charge is 0.240 e. The maximum atomic E-state index is 11.0. The minimum atomic E-state index is -0.0893. The molecular weight excluding hydrogens is 176 g/mol. The summed E-state index contributed by atoms with van der Waals surface area (Å²) in [5.74, 6) is -0.0893. The Morgan fingerprint density at radius 1 is 1.75 bits per heavy atom. The Morgan fingerprint density at radius 2 is 2.58 bits per heavy atom. The van der Waals surface area contributed by atoms with Crippen molar-refractivity contribution in [2.45, 2.75) is 6.92 Å². The molecule has 0 aromatic carbocycles. The zero-order valence-electron chi connectivity index (χ0n) is 6.70. The van der Waals surface area contributed by atoms with Crippen molar-refractivity contribution in [2.24, 2.45) is 0 Å². The number of nitrogens with one attached hydrogen (secondary N) is 2. The van der Waals surface area contributed by atoms with E-state index in [1.165, 1.54) is 11.3 Å². The van der Waals surface area contributed by atoms with Crippen molar-refractivity contribution in [3.8, 4) is 0 Å². The van der Waals surface area contributed by atoms with Crippen LogP contribution in [0, 0.1) is 0 Å². The molecule has 1 aromatic heterocycles. The Hall–Kier alpha value is -1.01. The Morgan fingerprint density at radius 3 is 3.17 bits per heavy atom. The average molecular weight is 186 g/mol. The van der Waals surface area contributed by atoms with Gasteiger partial charge in [0.2, 0.25) is 11.0 Å². The fourth-order valence-electron chi connectivity index (χ4n) is 0.630. The van der Waals surface area contributed by atoms with Gasteiger partial charge in [-0.25, -0.2) is 0 Å². The Labute approximate surface area is 74.2 Å². The Bertz CT molecular complexity index is 236. The van der Waals surface area contributed by atoms with Crippen LogP contribution in [0.25, 0.3) is 0 Å². The summed E-state index contributed by atoms with van der Waals surface area (Å²) in [7, 11) is 0. The second-order valence-corrected chi connectivity index (χ2v) is 2.91. The van der Waals surface area contributed by atoms with Gasteiger partial charge in [-0.1, -0.05) is 18.3 Å². The molecule has 12 heavy (non-hydrogen) atoms. The number of rotatable bonds is 4. The van der Waals surface area contributed by atoms with Crippen molar-refractivity contribution in [3.63, 3.8) is 0 Å². The van der Waals surface area contributed by atoms with Gasteiger partial charge in [0.1, 0.15) is 5.51 Å². The third-order valence-electron chi connectivity index (χ3n) is 1.14. The van der Waals surface area contributed by atoms with E-state index in [0.717, 1.165) is 6.54 Å². The predicted molar refractivity (Wildman–Crippen MR) is 47.1 cm³/mol. The molecule has 0 aliphatic rings. The molecule has 0 atom stereocenters. The highest BCUT2D eigenvalue weighted by molar-refractivity contribution is 7.13. The molecule has 1 rings (SSSR count). The number of hydrogen-bond donors (Lipinski definition) is 2.